The highest BCUT2D eigenvalue weighted by Gasteiger charge is 2.42. The molecule has 2 heterocycles. The molecular weight excluding hydrogens is 402 g/mol. The van der Waals surface area contributed by atoms with Crippen molar-refractivity contribution < 1.29 is 19.1 Å². The molecule has 30 heavy (non-hydrogen) atoms. The fraction of sp³-hybridized carbons (Fsp3) is 0.318. The SMILES string of the molecule is COc1cccc(CNC(=O)c2ccc(CN3CC(=O)N4CSCC4C3=O)cc2)c1. The highest BCUT2D eigenvalue weighted by molar-refractivity contribution is 7.99. The van der Waals surface area contributed by atoms with E-state index in [1.165, 1.54) is 0 Å². The van der Waals surface area contributed by atoms with E-state index in [1.54, 1.807) is 40.8 Å². The molecule has 2 aliphatic rings. The summed E-state index contributed by atoms with van der Waals surface area (Å²) in [6.45, 7) is 0.877. The first-order chi connectivity index (χ1) is 14.5. The van der Waals surface area contributed by atoms with Gasteiger partial charge in [-0.05, 0) is 35.4 Å². The lowest BCUT2D eigenvalue weighted by atomic mass is 10.1. The van der Waals surface area contributed by atoms with Crippen LogP contribution in [0.5, 0.6) is 5.75 Å². The molecule has 0 aromatic heterocycles. The van der Waals surface area contributed by atoms with E-state index in [-0.39, 0.29) is 30.3 Å². The maximum absolute atomic E-state index is 12.6. The van der Waals surface area contributed by atoms with Crippen molar-refractivity contribution in [2.24, 2.45) is 0 Å². The van der Waals surface area contributed by atoms with Crippen molar-refractivity contribution in [2.45, 2.75) is 19.1 Å². The quantitative estimate of drug-likeness (QED) is 0.765. The molecule has 2 aliphatic heterocycles. The summed E-state index contributed by atoms with van der Waals surface area (Å²) in [5.74, 6) is 1.83. The van der Waals surface area contributed by atoms with Crippen LogP contribution in [0.1, 0.15) is 21.5 Å². The summed E-state index contributed by atoms with van der Waals surface area (Å²) in [7, 11) is 1.61. The third-order valence-electron chi connectivity index (χ3n) is 5.30. The number of hydrogen-bond acceptors (Lipinski definition) is 5. The Morgan fingerprint density at radius 3 is 2.73 bits per heavy atom. The third kappa shape index (κ3) is 4.28. The minimum atomic E-state index is -0.335. The molecule has 0 bridgehead atoms. The van der Waals surface area contributed by atoms with E-state index in [0.717, 1.165) is 16.9 Å². The summed E-state index contributed by atoms with van der Waals surface area (Å²) >= 11 is 1.61. The molecule has 156 valence electrons. The minimum absolute atomic E-state index is 0.000270. The molecule has 2 fully saturated rings. The van der Waals surface area contributed by atoms with Gasteiger partial charge in [0.2, 0.25) is 11.8 Å². The van der Waals surface area contributed by atoms with E-state index in [1.807, 2.05) is 36.4 Å². The Labute approximate surface area is 179 Å². The Hall–Kier alpha value is -3.00. The summed E-state index contributed by atoms with van der Waals surface area (Å²) in [5.41, 5.74) is 2.38. The van der Waals surface area contributed by atoms with Crippen LogP contribution in [0.3, 0.4) is 0 Å². The molecular formula is C22H23N3O4S. The van der Waals surface area contributed by atoms with Gasteiger partial charge in [-0.3, -0.25) is 14.4 Å². The second kappa shape index (κ2) is 8.79. The zero-order valence-electron chi connectivity index (χ0n) is 16.7. The number of methoxy groups -OCH3 is 1. The second-order valence-corrected chi connectivity index (χ2v) is 8.30. The lowest BCUT2D eigenvalue weighted by Crippen LogP contribution is -2.57. The Bertz CT molecular complexity index is 963. The highest BCUT2D eigenvalue weighted by atomic mass is 32.2. The number of fused-ring (bicyclic) bond motifs is 1. The number of thioether (sulfide) groups is 1. The molecule has 0 radical (unpaired) electrons. The molecule has 1 unspecified atom stereocenters. The number of nitrogens with one attached hydrogen (secondary N) is 1. The smallest absolute Gasteiger partial charge is 0.251 e. The Kier molecular flexibility index (Phi) is 5.94. The van der Waals surface area contributed by atoms with Crippen molar-refractivity contribution in [2.75, 3.05) is 25.3 Å². The fourth-order valence-corrected chi connectivity index (χ4v) is 4.79. The maximum Gasteiger partial charge on any atom is 0.251 e. The van der Waals surface area contributed by atoms with E-state index in [9.17, 15) is 14.4 Å². The predicted octanol–water partition coefficient (Wildman–Crippen LogP) is 1.87. The molecule has 4 rings (SSSR count). The van der Waals surface area contributed by atoms with Crippen molar-refractivity contribution in [1.82, 2.24) is 15.1 Å². The van der Waals surface area contributed by atoms with Gasteiger partial charge in [-0.25, -0.2) is 0 Å². The maximum atomic E-state index is 12.6. The Balaban J connectivity index is 1.35. The molecule has 2 aromatic rings. The summed E-state index contributed by atoms with van der Waals surface area (Å²) < 4.78 is 5.19. The Morgan fingerprint density at radius 2 is 1.97 bits per heavy atom. The first-order valence-electron chi connectivity index (χ1n) is 9.71. The van der Waals surface area contributed by atoms with Gasteiger partial charge in [0.15, 0.2) is 0 Å². The molecule has 2 aromatic carbocycles. The molecule has 1 atom stereocenters. The van der Waals surface area contributed by atoms with Gasteiger partial charge in [-0.1, -0.05) is 24.3 Å². The monoisotopic (exact) mass is 425 g/mol. The standard InChI is InChI=1S/C22H23N3O4S/c1-29-18-4-2-3-16(9-18)10-23-21(27)17-7-5-15(6-8-17)11-24-12-20(26)25-14-30-13-19(25)22(24)28/h2-9,19H,10-14H2,1H3,(H,23,27). The van der Waals surface area contributed by atoms with Crippen LogP contribution in [0.4, 0.5) is 0 Å². The summed E-state index contributed by atoms with van der Waals surface area (Å²) in [6.07, 6.45) is 0. The summed E-state index contributed by atoms with van der Waals surface area (Å²) in [5, 5.41) is 2.89. The molecule has 3 amide bonds. The number of ether oxygens (including phenoxy) is 1. The first kappa shape index (κ1) is 20.3. The van der Waals surface area contributed by atoms with E-state index in [2.05, 4.69) is 5.32 Å². The zero-order valence-corrected chi connectivity index (χ0v) is 17.5. The van der Waals surface area contributed by atoms with Crippen LogP contribution in [0.15, 0.2) is 48.5 Å². The number of hydrogen-bond donors (Lipinski definition) is 1. The first-order valence-corrected chi connectivity index (χ1v) is 10.9. The number of carbonyl (C=O) groups is 3. The van der Waals surface area contributed by atoms with E-state index >= 15 is 0 Å². The van der Waals surface area contributed by atoms with Crippen LogP contribution in [0.2, 0.25) is 0 Å². The molecule has 7 nitrogen and oxygen atoms in total. The second-order valence-electron chi connectivity index (χ2n) is 7.30. The van der Waals surface area contributed by atoms with Gasteiger partial charge in [0.1, 0.15) is 18.3 Å². The lowest BCUT2D eigenvalue weighted by Gasteiger charge is -2.35. The summed E-state index contributed by atoms with van der Waals surface area (Å²) in [6, 6.07) is 14.3. The number of rotatable bonds is 6. The zero-order chi connectivity index (χ0) is 21.1. The lowest BCUT2D eigenvalue weighted by molar-refractivity contribution is -0.153. The molecule has 8 heteroatoms. The summed E-state index contributed by atoms with van der Waals surface area (Å²) in [4.78, 5) is 40.6. The van der Waals surface area contributed by atoms with Crippen molar-refractivity contribution in [3.63, 3.8) is 0 Å². The van der Waals surface area contributed by atoms with Gasteiger partial charge >= 0.3 is 0 Å². The van der Waals surface area contributed by atoms with Gasteiger partial charge in [0.25, 0.3) is 5.91 Å². The number of carbonyl (C=O) groups excluding carboxylic acids is 3. The molecule has 0 saturated carbocycles. The van der Waals surface area contributed by atoms with E-state index in [0.29, 0.717) is 30.3 Å². The molecule has 0 aliphatic carbocycles. The van der Waals surface area contributed by atoms with Crippen LogP contribution >= 0.6 is 11.8 Å². The minimum Gasteiger partial charge on any atom is -0.497 e. The van der Waals surface area contributed by atoms with Crippen molar-refractivity contribution in [3.05, 3.63) is 65.2 Å². The highest BCUT2D eigenvalue weighted by Crippen LogP contribution is 2.26. The predicted molar refractivity (Wildman–Crippen MR) is 114 cm³/mol. The van der Waals surface area contributed by atoms with Gasteiger partial charge in [-0.2, -0.15) is 0 Å². The van der Waals surface area contributed by atoms with Gasteiger partial charge in [0, 0.05) is 24.4 Å². The van der Waals surface area contributed by atoms with Gasteiger partial charge < -0.3 is 19.9 Å². The van der Waals surface area contributed by atoms with E-state index < -0.39 is 0 Å². The topological polar surface area (TPSA) is 79.0 Å². The van der Waals surface area contributed by atoms with Gasteiger partial charge in [0.05, 0.1) is 13.0 Å². The number of piperazine rings is 1. The van der Waals surface area contributed by atoms with Crippen LogP contribution in [0, 0.1) is 0 Å². The van der Waals surface area contributed by atoms with Crippen LogP contribution in [0.25, 0.3) is 0 Å². The van der Waals surface area contributed by atoms with Crippen molar-refractivity contribution in [3.8, 4) is 5.75 Å². The van der Waals surface area contributed by atoms with Crippen LogP contribution in [-0.2, 0) is 22.7 Å². The largest absolute Gasteiger partial charge is 0.497 e. The van der Waals surface area contributed by atoms with Crippen molar-refractivity contribution >= 4 is 29.5 Å². The van der Waals surface area contributed by atoms with E-state index in [4.69, 9.17) is 4.74 Å². The van der Waals surface area contributed by atoms with Crippen molar-refractivity contribution in [1.29, 1.82) is 0 Å². The van der Waals surface area contributed by atoms with Crippen LogP contribution in [-0.4, -0.2) is 58.8 Å². The Morgan fingerprint density at radius 1 is 1.17 bits per heavy atom. The molecule has 2 saturated heterocycles. The number of amides is 3. The molecule has 1 N–H and O–H groups in total. The fourth-order valence-electron chi connectivity index (χ4n) is 3.62. The average Bonchev–Trinajstić information content (AvgIpc) is 3.27. The number of nitrogens with zero attached hydrogens (tertiary/aromatic N) is 2. The molecule has 0 spiro atoms. The van der Waals surface area contributed by atoms with Gasteiger partial charge in [-0.15, -0.1) is 11.8 Å². The average molecular weight is 426 g/mol. The third-order valence-corrected chi connectivity index (χ3v) is 6.31. The normalized spacial score (nSPS) is 18.4. The number of benzene rings is 2. The van der Waals surface area contributed by atoms with Crippen LogP contribution < -0.4 is 10.1 Å².